The molecule has 4 nitrogen and oxygen atoms in total. The van der Waals surface area contributed by atoms with Gasteiger partial charge in [-0.2, -0.15) is 0 Å². The molecule has 0 aromatic heterocycles. The van der Waals surface area contributed by atoms with Crippen LogP contribution in [-0.2, 0) is 4.74 Å². The van der Waals surface area contributed by atoms with Crippen LogP contribution in [0.5, 0.6) is 0 Å². The van der Waals surface area contributed by atoms with Crippen LogP contribution in [0.2, 0.25) is 0 Å². The highest BCUT2D eigenvalue weighted by molar-refractivity contribution is 6.05. The third-order valence-electron chi connectivity index (χ3n) is 2.83. The van der Waals surface area contributed by atoms with Crippen LogP contribution in [0.15, 0.2) is 36.4 Å². The minimum absolute atomic E-state index is 0.0202. The summed E-state index contributed by atoms with van der Waals surface area (Å²) in [6.07, 6.45) is 0. The second-order valence-corrected chi connectivity index (χ2v) is 4.24. The molecule has 0 heterocycles. The molecule has 114 valence electrons. The van der Waals surface area contributed by atoms with Gasteiger partial charge in [-0.1, -0.05) is 6.07 Å². The molecule has 0 aliphatic rings. The van der Waals surface area contributed by atoms with E-state index >= 15 is 0 Å². The van der Waals surface area contributed by atoms with Gasteiger partial charge in [-0.3, -0.25) is 4.79 Å². The maximum atomic E-state index is 13.7. The van der Waals surface area contributed by atoms with E-state index < -0.39 is 40.6 Å². The summed E-state index contributed by atoms with van der Waals surface area (Å²) < 4.78 is 45.1. The van der Waals surface area contributed by atoms with E-state index in [0.717, 1.165) is 43.5 Å². The van der Waals surface area contributed by atoms with Gasteiger partial charge in [-0.15, -0.1) is 0 Å². The van der Waals surface area contributed by atoms with Crippen molar-refractivity contribution in [3.05, 3.63) is 65.0 Å². The number of hydrogen-bond acceptors (Lipinski definition) is 3. The van der Waals surface area contributed by atoms with Crippen LogP contribution in [-0.4, -0.2) is 19.0 Å². The molecule has 0 atom stereocenters. The third-order valence-corrected chi connectivity index (χ3v) is 2.83. The van der Waals surface area contributed by atoms with Crippen LogP contribution in [0.1, 0.15) is 20.7 Å². The summed E-state index contributed by atoms with van der Waals surface area (Å²) in [6.45, 7) is 0. The van der Waals surface area contributed by atoms with Crippen LogP contribution in [0, 0.1) is 17.5 Å². The average molecular weight is 309 g/mol. The maximum absolute atomic E-state index is 13.7. The van der Waals surface area contributed by atoms with Crippen LogP contribution < -0.4 is 5.32 Å². The van der Waals surface area contributed by atoms with E-state index in [1.165, 1.54) is 0 Å². The van der Waals surface area contributed by atoms with Crippen LogP contribution in [0.3, 0.4) is 0 Å². The van der Waals surface area contributed by atoms with Crippen molar-refractivity contribution in [3.8, 4) is 0 Å². The lowest BCUT2D eigenvalue weighted by molar-refractivity contribution is 0.0600. The molecule has 0 saturated carbocycles. The molecule has 1 amide bonds. The summed E-state index contributed by atoms with van der Waals surface area (Å²) in [6, 6.07) is 6.00. The smallest absolute Gasteiger partial charge is 0.337 e. The summed E-state index contributed by atoms with van der Waals surface area (Å²) in [5.74, 6) is -4.94. The molecule has 0 saturated heterocycles. The van der Waals surface area contributed by atoms with Crippen LogP contribution in [0.25, 0.3) is 0 Å². The number of halogens is 3. The molecule has 0 fully saturated rings. The van der Waals surface area contributed by atoms with Gasteiger partial charge < -0.3 is 10.1 Å². The molecule has 2 aromatic rings. The largest absolute Gasteiger partial charge is 0.465 e. The molecule has 7 heteroatoms. The molecular weight excluding hydrogens is 299 g/mol. The van der Waals surface area contributed by atoms with E-state index in [1.54, 1.807) is 0 Å². The standard InChI is InChI=1S/C15H10F3NO3/c1-22-15(21)8-5-6-9(16)12(7-8)19-14(20)13-10(17)3-2-4-11(13)18/h2-7H,1H3,(H,19,20). The second-order valence-electron chi connectivity index (χ2n) is 4.24. The lowest BCUT2D eigenvalue weighted by atomic mass is 10.1. The molecule has 0 aliphatic heterocycles. The SMILES string of the molecule is COC(=O)c1ccc(F)c(NC(=O)c2c(F)cccc2F)c1. The average Bonchev–Trinajstić information content (AvgIpc) is 2.48. The number of hydrogen-bond donors (Lipinski definition) is 1. The van der Waals surface area contributed by atoms with Gasteiger partial charge in [0, 0.05) is 0 Å². The first-order chi connectivity index (χ1) is 10.4. The fraction of sp³-hybridized carbons (Fsp3) is 0.0667. The van der Waals surface area contributed by atoms with Crippen molar-refractivity contribution >= 4 is 17.6 Å². The molecule has 22 heavy (non-hydrogen) atoms. The van der Waals surface area contributed by atoms with Gasteiger partial charge in [0.25, 0.3) is 5.91 Å². The quantitative estimate of drug-likeness (QED) is 0.886. The highest BCUT2D eigenvalue weighted by Crippen LogP contribution is 2.19. The predicted octanol–water partition coefficient (Wildman–Crippen LogP) is 3.14. The van der Waals surface area contributed by atoms with Crippen molar-refractivity contribution in [2.45, 2.75) is 0 Å². The summed E-state index contributed by atoms with van der Waals surface area (Å²) in [5, 5.41) is 2.03. The van der Waals surface area contributed by atoms with Gasteiger partial charge in [-0.05, 0) is 30.3 Å². The summed E-state index contributed by atoms with van der Waals surface area (Å²) >= 11 is 0. The Morgan fingerprint density at radius 2 is 1.64 bits per heavy atom. The van der Waals surface area contributed by atoms with E-state index in [4.69, 9.17) is 0 Å². The van der Waals surface area contributed by atoms with Crippen molar-refractivity contribution in [2.24, 2.45) is 0 Å². The number of benzene rings is 2. The number of anilines is 1. The van der Waals surface area contributed by atoms with Crippen molar-refractivity contribution < 1.29 is 27.5 Å². The van der Waals surface area contributed by atoms with E-state index in [1.807, 2.05) is 5.32 Å². The van der Waals surface area contributed by atoms with E-state index in [0.29, 0.717) is 0 Å². The Balaban J connectivity index is 2.34. The number of carbonyl (C=O) groups is 2. The topological polar surface area (TPSA) is 55.4 Å². The Labute approximate surface area is 123 Å². The van der Waals surface area contributed by atoms with Crippen molar-refractivity contribution in [1.82, 2.24) is 0 Å². The second kappa shape index (κ2) is 6.30. The lowest BCUT2D eigenvalue weighted by Gasteiger charge is -2.09. The zero-order chi connectivity index (χ0) is 16.3. The van der Waals surface area contributed by atoms with Crippen LogP contribution >= 0.6 is 0 Å². The zero-order valence-electron chi connectivity index (χ0n) is 11.3. The number of methoxy groups -OCH3 is 1. The van der Waals surface area contributed by atoms with Gasteiger partial charge in [0.05, 0.1) is 18.4 Å². The molecule has 0 radical (unpaired) electrons. The fourth-order valence-corrected chi connectivity index (χ4v) is 1.77. The first kappa shape index (κ1) is 15.6. The minimum Gasteiger partial charge on any atom is -0.465 e. The molecule has 0 unspecified atom stereocenters. The van der Waals surface area contributed by atoms with Gasteiger partial charge in [-0.25, -0.2) is 18.0 Å². The Morgan fingerprint density at radius 3 is 2.23 bits per heavy atom. The number of ether oxygens (including phenoxy) is 1. The molecular formula is C15H10F3NO3. The number of amides is 1. The lowest BCUT2D eigenvalue weighted by Crippen LogP contribution is -2.17. The van der Waals surface area contributed by atoms with Crippen molar-refractivity contribution in [1.29, 1.82) is 0 Å². The van der Waals surface area contributed by atoms with E-state index in [2.05, 4.69) is 4.74 Å². The monoisotopic (exact) mass is 309 g/mol. The van der Waals surface area contributed by atoms with Gasteiger partial charge >= 0.3 is 5.97 Å². The maximum Gasteiger partial charge on any atom is 0.337 e. The Bertz CT molecular complexity index is 727. The first-order valence-electron chi connectivity index (χ1n) is 6.07. The Kier molecular flexibility index (Phi) is 4.45. The molecule has 0 aliphatic carbocycles. The minimum atomic E-state index is -1.17. The first-order valence-corrected chi connectivity index (χ1v) is 6.07. The van der Waals surface area contributed by atoms with Crippen LogP contribution in [0.4, 0.5) is 18.9 Å². The molecule has 1 N–H and O–H groups in total. The Hall–Kier alpha value is -2.83. The molecule has 0 spiro atoms. The number of rotatable bonds is 3. The van der Waals surface area contributed by atoms with Gasteiger partial charge in [0.1, 0.15) is 23.0 Å². The molecule has 2 rings (SSSR count). The summed E-state index contributed by atoms with van der Waals surface area (Å²) in [4.78, 5) is 23.2. The molecule has 2 aromatic carbocycles. The van der Waals surface area contributed by atoms with E-state index in [9.17, 15) is 22.8 Å². The Morgan fingerprint density at radius 1 is 1.00 bits per heavy atom. The van der Waals surface area contributed by atoms with Gasteiger partial charge in [0.15, 0.2) is 0 Å². The predicted molar refractivity (Wildman–Crippen MR) is 72.1 cm³/mol. The van der Waals surface area contributed by atoms with Crippen molar-refractivity contribution in [3.63, 3.8) is 0 Å². The highest BCUT2D eigenvalue weighted by atomic mass is 19.1. The number of esters is 1. The number of carbonyl (C=O) groups excluding carboxylic acids is 2. The third kappa shape index (κ3) is 3.08. The molecule has 0 bridgehead atoms. The zero-order valence-corrected chi connectivity index (χ0v) is 11.3. The van der Waals surface area contributed by atoms with Crippen molar-refractivity contribution in [2.75, 3.05) is 12.4 Å². The van der Waals surface area contributed by atoms with E-state index in [-0.39, 0.29) is 5.56 Å². The summed E-state index contributed by atoms with van der Waals surface area (Å²) in [5.41, 5.74) is -1.26. The summed E-state index contributed by atoms with van der Waals surface area (Å²) in [7, 11) is 1.14. The number of nitrogens with one attached hydrogen (secondary N) is 1. The highest BCUT2D eigenvalue weighted by Gasteiger charge is 2.19. The van der Waals surface area contributed by atoms with Gasteiger partial charge in [0.2, 0.25) is 0 Å². The fourth-order valence-electron chi connectivity index (χ4n) is 1.77. The normalized spacial score (nSPS) is 10.2.